The van der Waals surface area contributed by atoms with Crippen LogP contribution in [0.2, 0.25) is 0 Å². The van der Waals surface area contributed by atoms with Crippen LogP contribution in [0.25, 0.3) is 21.8 Å². The minimum Gasteiger partial charge on any atom is -0.506 e. The highest BCUT2D eigenvalue weighted by atomic mass is 16.5. The molecule has 0 radical (unpaired) electrons. The normalized spacial score (nSPS) is 11.0. The molecule has 0 unspecified atom stereocenters. The van der Waals surface area contributed by atoms with Crippen LogP contribution >= 0.6 is 0 Å². The number of benzene rings is 2. The molecule has 24 heavy (non-hydrogen) atoms. The number of aromatic hydroxyl groups is 2. The largest absolute Gasteiger partial charge is 0.506 e. The van der Waals surface area contributed by atoms with Crippen molar-refractivity contribution in [3.63, 3.8) is 0 Å². The van der Waals surface area contributed by atoms with Crippen LogP contribution in [0.4, 0.5) is 0 Å². The number of phenolic OH excluding ortho intramolecular Hbond substituents is 2. The molecule has 0 fully saturated rings. The molecule has 2 aromatic carbocycles. The lowest BCUT2D eigenvalue weighted by molar-refractivity contribution is 0.313. The minimum absolute atomic E-state index is 0.0125. The fraction of sp³-hybridized carbons (Fsp3) is 0.235. The number of rotatable bonds is 3. The van der Waals surface area contributed by atoms with E-state index in [1.165, 1.54) is 27.4 Å². The second-order valence-corrected chi connectivity index (χ2v) is 5.23. The van der Waals surface area contributed by atoms with E-state index in [1.807, 2.05) is 0 Å². The second kappa shape index (κ2) is 5.52. The van der Waals surface area contributed by atoms with Gasteiger partial charge in [-0.15, -0.1) is 0 Å². The quantitative estimate of drug-likeness (QED) is 0.715. The number of aryl methyl sites for hydroxylation is 1. The maximum atomic E-state index is 12.9. The molecule has 1 heterocycles. The standard InChI is InChI=1S/C17H17NO6/c1-18-11-8(6-5-7-9(11)19)13(20)10-12(18)15(22-2)17(24-4)16(23-3)14(10)21/h5-7,19,21H,1-4H3. The van der Waals surface area contributed by atoms with Gasteiger partial charge in [-0.3, -0.25) is 4.79 Å². The zero-order chi connectivity index (χ0) is 17.6. The lowest BCUT2D eigenvalue weighted by Gasteiger charge is -2.19. The van der Waals surface area contributed by atoms with Crippen molar-refractivity contribution in [3.05, 3.63) is 28.4 Å². The first-order valence-corrected chi connectivity index (χ1v) is 7.13. The Morgan fingerprint density at radius 1 is 0.917 bits per heavy atom. The van der Waals surface area contributed by atoms with Crippen LogP contribution in [0.5, 0.6) is 28.7 Å². The van der Waals surface area contributed by atoms with Crippen LogP contribution in [0.3, 0.4) is 0 Å². The molecule has 3 rings (SSSR count). The third-order valence-corrected chi connectivity index (χ3v) is 4.09. The van der Waals surface area contributed by atoms with Crippen molar-refractivity contribution in [2.75, 3.05) is 21.3 Å². The number of pyridine rings is 1. The van der Waals surface area contributed by atoms with E-state index in [0.717, 1.165) is 0 Å². The lowest BCUT2D eigenvalue weighted by atomic mass is 10.1. The molecule has 0 spiro atoms. The Morgan fingerprint density at radius 3 is 2.12 bits per heavy atom. The predicted molar refractivity (Wildman–Crippen MR) is 89.7 cm³/mol. The summed E-state index contributed by atoms with van der Waals surface area (Å²) in [6, 6.07) is 4.64. The van der Waals surface area contributed by atoms with Crippen molar-refractivity contribution in [2.45, 2.75) is 0 Å². The zero-order valence-corrected chi connectivity index (χ0v) is 13.7. The summed E-state index contributed by atoms with van der Waals surface area (Å²) in [5.74, 6) is 0.0152. The molecule has 0 atom stereocenters. The Labute approximate surface area is 137 Å². The van der Waals surface area contributed by atoms with Gasteiger partial charge in [0.05, 0.1) is 37.6 Å². The molecular weight excluding hydrogens is 314 g/mol. The highest BCUT2D eigenvalue weighted by Crippen LogP contribution is 2.49. The van der Waals surface area contributed by atoms with E-state index in [-0.39, 0.29) is 39.5 Å². The van der Waals surface area contributed by atoms with Gasteiger partial charge in [0.2, 0.25) is 16.9 Å². The molecule has 0 saturated heterocycles. The van der Waals surface area contributed by atoms with Crippen molar-refractivity contribution < 1.29 is 24.4 Å². The first kappa shape index (κ1) is 15.8. The number of nitrogens with zero attached hydrogens (tertiary/aromatic N) is 1. The molecule has 0 aliphatic carbocycles. The smallest absolute Gasteiger partial charge is 0.209 e. The fourth-order valence-electron chi connectivity index (χ4n) is 3.07. The van der Waals surface area contributed by atoms with Crippen LogP contribution in [-0.4, -0.2) is 36.1 Å². The molecule has 0 aliphatic heterocycles. The van der Waals surface area contributed by atoms with Gasteiger partial charge in [0.1, 0.15) is 11.3 Å². The second-order valence-electron chi connectivity index (χ2n) is 5.23. The number of fused-ring (bicyclic) bond motifs is 2. The van der Waals surface area contributed by atoms with Crippen LogP contribution in [-0.2, 0) is 7.05 Å². The molecule has 0 aliphatic rings. The highest BCUT2D eigenvalue weighted by molar-refractivity contribution is 6.03. The number of ether oxygens (including phenoxy) is 3. The van der Waals surface area contributed by atoms with E-state index in [0.29, 0.717) is 11.0 Å². The summed E-state index contributed by atoms with van der Waals surface area (Å²) in [6.45, 7) is 0. The van der Waals surface area contributed by atoms with Crippen LogP contribution in [0.15, 0.2) is 23.0 Å². The Morgan fingerprint density at radius 2 is 1.54 bits per heavy atom. The maximum absolute atomic E-state index is 12.9. The minimum atomic E-state index is -0.439. The Kier molecular flexibility index (Phi) is 3.63. The Hall–Kier alpha value is -3.09. The average Bonchev–Trinajstić information content (AvgIpc) is 2.58. The van der Waals surface area contributed by atoms with Crippen LogP contribution in [0, 0.1) is 0 Å². The highest BCUT2D eigenvalue weighted by Gasteiger charge is 2.27. The summed E-state index contributed by atoms with van der Waals surface area (Å²) in [7, 11) is 5.85. The molecule has 2 N–H and O–H groups in total. The topological polar surface area (TPSA) is 90.2 Å². The van der Waals surface area contributed by atoms with Gasteiger partial charge < -0.3 is 29.0 Å². The summed E-state index contributed by atoms with van der Waals surface area (Å²) in [6.07, 6.45) is 0. The SMILES string of the molecule is COc1c(OC)c(OC)c2c(c1O)c(=O)c1cccc(O)c1n2C. The van der Waals surface area contributed by atoms with E-state index in [9.17, 15) is 15.0 Å². The first-order valence-electron chi connectivity index (χ1n) is 7.13. The molecule has 126 valence electrons. The number of para-hydroxylation sites is 1. The number of hydrogen-bond donors (Lipinski definition) is 2. The summed E-state index contributed by atoms with van der Waals surface area (Å²) >= 11 is 0. The van der Waals surface area contributed by atoms with E-state index in [2.05, 4.69) is 0 Å². The number of hydrogen-bond acceptors (Lipinski definition) is 6. The Balaban J connectivity index is 2.75. The van der Waals surface area contributed by atoms with Gasteiger partial charge in [0, 0.05) is 7.05 Å². The van der Waals surface area contributed by atoms with Gasteiger partial charge >= 0.3 is 0 Å². The monoisotopic (exact) mass is 331 g/mol. The van der Waals surface area contributed by atoms with Crippen molar-refractivity contribution in [3.8, 4) is 28.7 Å². The van der Waals surface area contributed by atoms with Crippen molar-refractivity contribution in [1.82, 2.24) is 4.57 Å². The summed E-state index contributed by atoms with van der Waals surface area (Å²) in [5.41, 5.74) is 0.192. The molecule has 3 aromatic rings. The van der Waals surface area contributed by atoms with Gasteiger partial charge in [-0.05, 0) is 12.1 Å². The maximum Gasteiger partial charge on any atom is 0.209 e. The number of methoxy groups -OCH3 is 3. The van der Waals surface area contributed by atoms with E-state index < -0.39 is 5.43 Å². The molecule has 0 bridgehead atoms. The molecule has 7 heteroatoms. The fourth-order valence-corrected chi connectivity index (χ4v) is 3.07. The molecule has 7 nitrogen and oxygen atoms in total. The van der Waals surface area contributed by atoms with Crippen molar-refractivity contribution in [2.24, 2.45) is 7.05 Å². The van der Waals surface area contributed by atoms with Crippen LogP contribution < -0.4 is 19.6 Å². The van der Waals surface area contributed by atoms with Gasteiger partial charge in [-0.1, -0.05) is 6.07 Å². The van der Waals surface area contributed by atoms with Gasteiger partial charge in [0.25, 0.3) is 0 Å². The number of phenols is 2. The first-order chi connectivity index (χ1) is 11.5. The van der Waals surface area contributed by atoms with Gasteiger partial charge in [-0.25, -0.2) is 0 Å². The van der Waals surface area contributed by atoms with E-state index in [1.54, 1.807) is 23.7 Å². The van der Waals surface area contributed by atoms with Gasteiger partial charge in [-0.2, -0.15) is 0 Å². The van der Waals surface area contributed by atoms with Crippen LogP contribution in [0.1, 0.15) is 0 Å². The van der Waals surface area contributed by atoms with E-state index in [4.69, 9.17) is 14.2 Å². The number of aromatic nitrogens is 1. The third kappa shape index (κ3) is 1.87. The molecular formula is C17H17NO6. The zero-order valence-electron chi connectivity index (χ0n) is 13.7. The summed E-state index contributed by atoms with van der Waals surface area (Å²) in [5, 5.41) is 21.1. The third-order valence-electron chi connectivity index (χ3n) is 4.09. The van der Waals surface area contributed by atoms with Crippen molar-refractivity contribution in [1.29, 1.82) is 0 Å². The average molecular weight is 331 g/mol. The van der Waals surface area contributed by atoms with Gasteiger partial charge in [0.15, 0.2) is 11.5 Å². The molecule has 0 amide bonds. The molecule has 0 saturated carbocycles. The van der Waals surface area contributed by atoms with Crippen molar-refractivity contribution >= 4 is 21.8 Å². The summed E-state index contributed by atoms with van der Waals surface area (Å²) < 4.78 is 17.5. The lowest BCUT2D eigenvalue weighted by Crippen LogP contribution is -2.12. The van der Waals surface area contributed by atoms with E-state index >= 15 is 0 Å². The predicted octanol–water partition coefficient (Wildman–Crippen LogP) is 2.13. The molecule has 1 aromatic heterocycles. The summed E-state index contributed by atoms with van der Waals surface area (Å²) in [4.78, 5) is 12.9. The Bertz CT molecular complexity index is 1020.